The predicted octanol–water partition coefficient (Wildman–Crippen LogP) is 4.89. The summed E-state index contributed by atoms with van der Waals surface area (Å²) < 4.78 is 11.8. The van der Waals surface area contributed by atoms with Gasteiger partial charge >= 0.3 is 0 Å². The first kappa shape index (κ1) is 23.3. The predicted molar refractivity (Wildman–Crippen MR) is 128 cm³/mol. The molecule has 9 heteroatoms. The van der Waals surface area contributed by atoms with Crippen LogP contribution in [0.15, 0.2) is 76.3 Å². The van der Waals surface area contributed by atoms with Gasteiger partial charge in [0, 0.05) is 20.7 Å². The maximum Gasteiger partial charge on any atom is 0.271 e. The van der Waals surface area contributed by atoms with E-state index in [4.69, 9.17) is 21.1 Å². The summed E-state index contributed by atoms with van der Waals surface area (Å²) in [4.78, 5) is 24.2. The molecule has 0 atom stereocenters. The Hall–Kier alpha value is -3.36. The summed E-state index contributed by atoms with van der Waals surface area (Å²) in [5.41, 5.74) is 4.25. The van der Waals surface area contributed by atoms with Crippen LogP contribution in [0.25, 0.3) is 0 Å². The Bertz CT molecular complexity index is 1120. The molecule has 3 aromatic carbocycles. The number of hydrogen-bond donors (Lipinski definition) is 2. The average molecular weight is 517 g/mol. The second kappa shape index (κ2) is 11.3. The van der Waals surface area contributed by atoms with E-state index in [0.29, 0.717) is 33.3 Å². The van der Waals surface area contributed by atoms with E-state index in [1.54, 1.807) is 66.7 Å². The van der Waals surface area contributed by atoms with Gasteiger partial charge in [-0.2, -0.15) is 5.10 Å². The van der Waals surface area contributed by atoms with Crippen LogP contribution < -0.4 is 20.2 Å². The van der Waals surface area contributed by atoms with E-state index in [-0.39, 0.29) is 18.4 Å². The summed E-state index contributed by atoms with van der Waals surface area (Å²) in [6, 6.07) is 18.8. The maximum atomic E-state index is 12.1. The van der Waals surface area contributed by atoms with Gasteiger partial charge in [-0.3, -0.25) is 9.59 Å². The molecule has 0 aromatic heterocycles. The van der Waals surface area contributed by atoms with Crippen molar-refractivity contribution in [2.75, 3.05) is 19.0 Å². The average Bonchev–Trinajstić information content (AvgIpc) is 2.80. The van der Waals surface area contributed by atoms with Gasteiger partial charge in [0.25, 0.3) is 11.8 Å². The molecule has 7 nitrogen and oxygen atoms in total. The van der Waals surface area contributed by atoms with E-state index in [0.717, 1.165) is 4.47 Å². The molecule has 2 N–H and O–H groups in total. The van der Waals surface area contributed by atoms with E-state index >= 15 is 0 Å². The molecule has 0 fully saturated rings. The minimum Gasteiger partial charge on any atom is -0.493 e. The first-order valence-electron chi connectivity index (χ1n) is 9.40. The van der Waals surface area contributed by atoms with Crippen LogP contribution in [-0.4, -0.2) is 31.7 Å². The second-order valence-electron chi connectivity index (χ2n) is 6.46. The molecule has 2 amide bonds. The van der Waals surface area contributed by atoms with Crippen molar-refractivity contribution in [2.24, 2.45) is 5.10 Å². The van der Waals surface area contributed by atoms with Crippen molar-refractivity contribution in [3.05, 3.63) is 87.4 Å². The summed E-state index contributed by atoms with van der Waals surface area (Å²) in [6.07, 6.45) is 1.48. The fourth-order valence-corrected chi connectivity index (χ4v) is 2.98. The molecule has 0 saturated heterocycles. The van der Waals surface area contributed by atoms with E-state index < -0.39 is 0 Å². The van der Waals surface area contributed by atoms with Crippen molar-refractivity contribution in [3.8, 4) is 11.5 Å². The van der Waals surface area contributed by atoms with Crippen molar-refractivity contribution in [1.29, 1.82) is 0 Å². The van der Waals surface area contributed by atoms with E-state index in [9.17, 15) is 9.59 Å². The van der Waals surface area contributed by atoms with Gasteiger partial charge in [-0.25, -0.2) is 5.43 Å². The van der Waals surface area contributed by atoms with Gasteiger partial charge in [0.15, 0.2) is 18.1 Å². The van der Waals surface area contributed by atoms with E-state index in [1.807, 2.05) is 0 Å². The van der Waals surface area contributed by atoms with Gasteiger partial charge in [-0.15, -0.1) is 0 Å². The molecular formula is C23H19BrClN3O4. The zero-order chi connectivity index (χ0) is 22.9. The number of hydrogen-bond acceptors (Lipinski definition) is 5. The van der Waals surface area contributed by atoms with Gasteiger partial charge < -0.3 is 14.8 Å². The highest BCUT2D eigenvalue weighted by atomic mass is 79.9. The first-order valence-corrected chi connectivity index (χ1v) is 10.6. The Morgan fingerprint density at radius 3 is 2.44 bits per heavy atom. The number of ether oxygens (including phenoxy) is 2. The molecular weight excluding hydrogens is 498 g/mol. The third-order valence-electron chi connectivity index (χ3n) is 4.16. The SMILES string of the molecule is COc1cc(/C=N/NC(=O)c2ccc(Br)cc2)ccc1OCC(=O)Nc1ccc(Cl)cc1. The molecule has 3 aromatic rings. The number of methoxy groups -OCH3 is 1. The number of carbonyl (C=O) groups is 2. The van der Waals surface area contributed by atoms with Crippen LogP contribution in [0.2, 0.25) is 5.02 Å². The minimum absolute atomic E-state index is 0.199. The smallest absolute Gasteiger partial charge is 0.271 e. The maximum absolute atomic E-state index is 12.1. The Morgan fingerprint density at radius 1 is 1.03 bits per heavy atom. The highest BCUT2D eigenvalue weighted by Gasteiger charge is 2.09. The molecule has 0 bridgehead atoms. The van der Waals surface area contributed by atoms with Gasteiger partial charge in [-0.05, 0) is 72.3 Å². The quantitative estimate of drug-likeness (QED) is 0.329. The third kappa shape index (κ3) is 6.83. The lowest BCUT2D eigenvalue weighted by atomic mass is 10.2. The van der Waals surface area contributed by atoms with Crippen LogP contribution in [0.3, 0.4) is 0 Å². The van der Waals surface area contributed by atoms with Gasteiger partial charge in [0.2, 0.25) is 0 Å². The molecule has 0 aliphatic carbocycles. The second-order valence-corrected chi connectivity index (χ2v) is 7.81. The molecule has 0 spiro atoms. The van der Waals surface area contributed by atoms with Crippen LogP contribution in [0.4, 0.5) is 5.69 Å². The number of hydrazone groups is 1. The lowest BCUT2D eigenvalue weighted by Gasteiger charge is -2.11. The monoisotopic (exact) mass is 515 g/mol. The summed E-state index contributed by atoms with van der Waals surface area (Å²) >= 11 is 9.16. The normalized spacial score (nSPS) is 10.6. The Morgan fingerprint density at radius 2 is 1.75 bits per heavy atom. The van der Waals surface area contributed by atoms with Gasteiger partial charge in [0.05, 0.1) is 13.3 Å². The third-order valence-corrected chi connectivity index (χ3v) is 4.94. The van der Waals surface area contributed by atoms with E-state index in [1.165, 1.54) is 13.3 Å². The summed E-state index contributed by atoms with van der Waals surface area (Å²) in [6.45, 7) is -0.199. The molecule has 3 rings (SSSR count). The van der Waals surface area contributed by atoms with Crippen molar-refractivity contribution in [2.45, 2.75) is 0 Å². The van der Waals surface area contributed by atoms with Crippen molar-refractivity contribution in [1.82, 2.24) is 5.43 Å². The van der Waals surface area contributed by atoms with Gasteiger partial charge in [0.1, 0.15) is 0 Å². The number of carbonyl (C=O) groups excluding carboxylic acids is 2. The van der Waals surface area contributed by atoms with Crippen molar-refractivity contribution < 1.29 is 19.1 Å². The van der Waals surface area contributed by atoms with Crippen LogP contribution in [0.5, 0.6) is 11.5 Å². The van der Waals surface area contributed by atoms with Crippen LogP contribution >= 0.6 is 27.5 Å². The first-order chi connectivity index (χ1) is 15.4. The molecule has 32 heavy (non-hydrogen) atoms. The number of rotatable bonds is 8. The summed E-state index contributed by atoms with van der Waals surface area (Å²) in [5.74, 6) is 0.172. The molecule has 0 radical (unpaired) electrons. The van der Waals surface area contributed by atoms with Crippen LogP contribution in [0.1, 0.15) is 15.9 Å². The van der Waals surface area contributed by atoms with E-state index in [2.05, 4.69) is 31.8 Å². The zero-order valence-electron chi connectivity index (χ0n) is 17.0. The standard InChI is InChI=1S/C23H19BrClN3O4/c1-31-21-12-15(13-26-28-23(30)16-3-5-17(24)6-4-16)2-11-20(21)32-14-22(29)27-19-9-7-18(25)8-10-19/h2-13H,14H2,1H3,(H,27,29)(H,28,30)/b26-13+. The van der Waals surface area contributed by atoms with Crippen molar-refractivity contribution >= 4 is 51.2 Å². The number of benzene rings is 3. The lowest BCUT2D eigenvalue weighted by Crippen LogP contribution is -2.20. The highest BCUT2D eigenvalue weighted by molar-refractivity contribution is 9.10. The number of halogens is 2. The van der Waals surface area contributed by atoms with Crippen LogP contribution in [-0.2, 0) is 4.79 Å². The highest BCUT2D eigenvalue weighted by Crippen LogP contribution is 2.27. The number of amides is 2. The fraction of sp³-hybridized carbons (Fsp3) is 0.0870. The molecule has 0 aliphatic heterocycles. The fourth-order valence-electron chi connectivity index (χ4n) is 2.59. The largest absolute Gasteiger partial charge is 0.493 e. The Balaban J connectivity index is 1.55. The summed E-state index contributed by atoms with van der Waals surface area (Å²) in [7, 11) is 1.49. The zero-order valence-corrected chi connectivity index (χ0v) is 19.3. The molecule has 0 unspecified atom stereocenters. The lowest BCUT2D eigenvalue weighted by molar-refractivity contribution is -0.118. The Kier molecular flexibility index (Phi) is 8.24. The molecule has 0 aliphatic rings. The summed E-state index contributed by atoms with van der Waals surface area (Å²) in [5, 5.41) is 7.27. The van der Waals surface area contributed by atoms with Crippen LogP contribution in [0, 0.1) is 0 Å². The topological polar surface area (TPSA) is 89.0 Å². The molecule has 0 saturated carbocycles. The van der Waals surface area contributed by atoms with Gasteiger partial charge in [-0.1, -0.05) is 27.5 Å². The molecule has 164 valence electrons. The van der Waals surface area contributed by atoms with Crippen molar-refractivity contribution in [3.63, 3.8) is 0 Å². The number of anilines is 1. The minimum atomic E-state index is -0.327. The Labute approximate surface area is 198 Å². The number of nitrogens with one attached hydrogen (secondary N) is 2. The number of nitrogens with zero attached hydrogens (tertiary/aromatic N) is 1. The molecule has 0 heterocycles.